The second-order valence-electron chi connectivity index (χ2n) is 6.96. The van der Waals surface area contributed by atoms with E-state index < -0.39 is 0 Å². The Morgan fingerprint density at radius 2 is 1.72 bits per heavy atom. The average molecular weight is 464 g/mol. The van der Waals surface area contributed by atoms with Crippen molar-refractivity contribution in [3.63, 3.8) is 0 Å². The van der Waals surface area contributed by atoms with E-state index in [0.717, 1.165) is 16.7 Å². The fourth-order valence-electron chi connectivity index (χ4n) is 3.28. The van der Waals surface area contributed by atoms with Crippen LogP contribution in [0.1, 0.15) is 29.2 Å². The van der Waals surface area contributed by atoms with E-state index in [1.54, 1.807) is 18.2 Å². The highest BCUT2D eigenvalue weighted by Crippen LogP contribution is 2.36. The Morgan fingerprint density at radius 3 is 2.38 bits per heavy atom. The lowest BCUT2D eigenvalue weighted by atomic mass is 10.0. The molecule has 3 nitrogen and oxygen atoms in total. The smallest absolute Gasteiger partial charge is 0.165 e. The molecule has 0 fully saturated rings. The number of hydrogen-bond acceptors (Lipinski definition) is 3. The number of halogens is 2. The van der Waals surface area contributed by atoms with Gasteiger partial charge in [-0.05, 0) is 49.2 Å². The van der Waals surface area contributed by atoms with Crippen LogP contribution >= 0.6 is 23.2 Å². The topological polar surface area (TPSA) is 42.2 Å². The second kappa shape index (κ2) is 11.4. The first-order chi connectivity index (χ1) is 15.6. The molecule has 0 saturated carbocycles. The van der Waals surface area contributed by atoms with Crippen molar-refractivity contribution in [3.8, 4) is 17.6 Å². The quantitative estimate of drug-likeness (QED) is 0.185. The maximum atomic E-state index is 9.74. The van der Waals surface area contributed by atoms with Crippen LogP contribution in [0.2, 0.25) is 10.0 Å². The van der Waals surface area contributed by atoms with Crippen molar-refractivity contribution in [3.05, 3.63) is 106 Å². The van der Waals surface area contributed by atoms with Gasteiger partial charge in [0.1, 0.15) is 6.61 Å². The molecule has 3 aromatic carbocycles. The van der Waals surface area contributed by atoms with Crippen molar-refractivity contribution in [1.82, 2.24) is 0 Å². The Bertz CT molecular complexity index is 1180. The zero-order valence-corrected chi connectivity index (χ0v) is 19.3. The van der Waals surface area contributed by atoms with E-state index in [0.29, 0.717) is 52.3 Å². The van der Waals surface area contributed by atoms with Crippen molar-refractivity contribution in [1.29, 1.82) is 5.26 Å². The summed E-state index contributed by atoms with van der Waals surface area (Å²) in [5.74, 6) is 1.24. The number of rotatable bonds is 9. The molecule has 0 aliphatic heterocycles. The largest absolute Gasteiger partial charge is 0.490 e. The molecule has 5 heteroatoms. The molecular formula is C27H23Cl2NO2. The molecule has 162 valence electrons. The Balaban J connectivity index is 2.04. The standard InChI is InChI=1S/C27H23Cl2NO2/c1-3-9-20-14-19(15-22(17-30)23-11-6-8-13-25(23)29)16-26(31-4-2)27(20)32-18-21-10-5-7-12-24(21)28/h3,5-8,10-16H,1,4,9,18H2,2H3. The van der Waals surface area contributed by atoms with Crippen LogP contribution in [0.25, 0.3) is 11.6 Å². The molecule has 3 aromatic rings. The number of nitrogens with zero attached hydrogens (tertiary/aromatic N) is 1. The van der Waals surface area contributed by atoms with Gasteiger partial charge >= 0.3 is 0 Å². The zero-order chi connectivity index (χ0) is 22.9. The predicted molar refractivity (Wildman–Crippen MR) is 132 cm³/mol. The number of ether oxygens (including phenoxy) is 2. The van der Waals surface area contributed by atoms with Gasteiger partial charge in [0.2, 0.25) is 0 Å². The van der Waals surface area contributed by atoms with Gasteiger partial charge in [0, 0.05) is 26.7 Å². The van der Waals surface area contributed by atoms with Gasteiger partial charge in [0.15, 0.2) is 11.5 Å². The van der Waals surface area contributed by atoms with E-state index in [2.05, 4.69) is 12.6 Å². The van der Waals surface area contributed by atoms with Gasteiger partial charge in [0.05, 0.1) is 18.2 Å². The highest BCUT2D eigenvalue weighted by atomic mass is 35.5. The number of allylic oxidation sites excluding steroid dienone is 2. The molecule has 0 bridgehead atoms. The van der Waals surface area contributed by atoms with Gasteiger partial charge in [-0.1, -0.05) is 65.7 Å². The maximum absolute atomic E-state index is 9.74. The zero-order valence-electron chi connectivity index (χ0n) is 17.8. The summed E-state index contributed by atoms with van der Waals surface area (Å²) in [6.45, 7) is 6.56. The summed E-state index contributed by atoms with van der Waals surface area (Å²) < 4.78 is 12.1. The summed E-state index contributed by atoms with van der Waals surface area (Å²) in [5, 5.41) is 10.9. The van der Waals surface area contributed by atoms with Gasteiger partial charge in [-0.2, -0.15) is 5.26 Å². The first kappa shape index (κ1) is 23.5. The molecule has 0 aliphatic rings. The highest BCUT2D eigenvalue weighted by molar-refractivity contribution is 6.32. The molecule has 0 heterocycles. The second-order valence-corrected chi connectivity index (χ2v) is 7.78. The van der Waals surface area contributed by atoms with E-state index in [4.69, 9.17) is 32.7 Å². The first-order valence-electron chi connectivity index (χ1n) is 10.2. The molecular weight excluding hydrogens is 441 g/mol. The van der Waals surface area contributed by atoms with E-state index >= 15 is 0 Å². The summed E-state index contributed by atoms with van der Waals surface area (Å²) in [6, 6.07) is 20.9. The predicted octanol–water partition coefficient (Wildman–Crippen LogP) is 7.76. The van der Waals surface area contributed by atoms with Gasteiger partial charge in [-0.15, -0.1) is 6.58 Å². The monoisotopic (exact) mass is 463 g/mol. The molecule has 0 spiro atoms. The van der Waals surface area contributed by atoms with Gasteiger partial charge < -0.3 is 9.47 Å². The summed E-state index contributed by atoms with van der Waals surface area (Å²) >= 11 is 12.6. The van der Waals surface area contributed by atoms with Gasteiger partial charge in [-0.25, -0.2) is 0 Å². The summed E-state index contributed by atoms with van der Waals surface area (Å²) in [6.07, 6.45) is 4.18. The molecule has 0 N–H and O–H groups in total. The fraction of sp³-hybridized carbons (Fsp3) is 0.148. The van der Waals surface area contributed by atoms with Crippen molar-refractivity contribution >= 4 is 34.9 Å². The van der Waals surface area contributed by atoms with Crippen molar-refractivity contribution in [2.24, 2.45) is 0 Å². The van der Waals surface area contributed by atoms with E-state index in [-0.39, 0.29) is 0 Å². The van der Waals surface area contributed by atoms with E-state index in [1.807, 2.05) is 61.5 Å². The first-order valence-corrected chi connectivity index (χ1v) is 11.0. The Morgan fingerprint density at radius 1 is 1.00 bits per heavy atom. The summed E-state index contributed by atoms with van der Waals surface area (Å²) in [4.78, 5) is 0. The Hall–Kier alpha value is -3.19. The number of hydrogen-bond donors (Lipinski definition) is 0. The van der Waals surface area contributed by atoms with Crippen LogP contribution in [0.15, 0.2) is 73.3 Å². The van der Waals surface area contributed by atoms with Crippen LogP contribution in [-0.4, -0.2) is 6.61 Å². The molecule has 0 aromatic heterocycles. The van der Waals surface area contributed by atoms with Crippen molar-refractivity contribution in [2.75, 3.05) is 6.61 Å². The van der Waals surface area contributed by atoms with Gasteiger partial charge in [0.25, 0.3) is 0 Å². The van der Waals surface area contributed by atoms with Crippen LogP contribution in [0.3, 0.4) is 0 Å². The normalized spacial score (nSPS) is 11.0. The van der Waals surface area contributed by atoms with Crippen LogP contribution in [0, 0.1) is 11.3 Å². The average Bonchev–Trinajstić information content (AvgIpc) is 2.79. The fourth-order valence-corrected chi connectivity index (χ4v) is 3.71. The number of nitriles is 1. The molecule has 0 amide bonds. The van der Waals surface area contributed by atoms with Gasteiger partial charge in [-0.3, -0.25) is 0 Å². The van der Waals surface area contributed by atoms with Crippen molar-refractivity contribution < 1.29 is 9.47 Å². The minimum atomic E-state index is 0.308. The third-order valence-corrected chi connectivity index (χ3v) is 5.44. The molecule has 32 heavy (non-hydrogen) atoms. The van der Waals surface area contributed by atoms with Crippen LogP contribution < -0.4 is 9.47 Å². The SMILES string of the molecule is C=CCc1cc(C=C(C#N)c2ccccc2Cl)cc(OCC)c1OCc1ccccc1Cl. The van der Waals surface area contributed by atoms with E-state index in [1.165, 1.54) is 0 Å². The minimum absolute atomic E-state index is 0.308. The van der Waals surface area contributed by atoms with Crippen molar-refractivity contribution in [2.45, 2.75) is 20.0 Å². The molecule has 0 atom stereocenters. The third-order valence-electron chi connectivity index (χ3n) is 4.74. The Kier molecular flexibility index (Phi) is 8.39. The summed E-state index contributed by atoms with van der Waals surface area (Å²) in [7, 11) is 0. The lowest BCUT2D eigenvalue weighted by Gasteiger charge is -2.17. The van der Waals surface area contributed by atoms with Crippen LogP contribution in [-0.2, 0) is 13.0 Å². The molecule has 0 unspecified atom stereocenters. The molecule has 0 saturated heterocycles. The lowest BCUT2D eigenvalue weighted by molar-refractivity contribution is 0.267. The number of benzene rings is 3. The maximum Gasteiger partial charge on any atom is 0.165 e. The van der Waals surface area contributed by atoms with Crippen LogP contribution in [0.5, 0.6) is 11.5 Å². The molecule has 3 rings (SSSR count). The minimum Gasteiger partial charge on any atom is -0.490 e. The Labute approximate surface area is 199 Å². The highest BCUT2D eigenvalue weighted by Gasteiger charge is 2.15. The van der Waals surface area contributed by atoms with Crippen LogP contribution in [0.4, 0.5) is 0 Å². The third kappa shape index (κ3) is 5.73. The molecule has 0 aliphatic carbocycles. The van der Waals surface area contributed by atoms with E-state index in [9.17, 15) is 5.26 Å². The lowest BCUT2D eigenvalue weighted by Crippen LogP contribution is -2.03. The summed E-state index contributed by atoms with van der Waals surface area (Å²) in [5.41, 5.74) is 3.74. The molecule has 0 radical (unpaired) electrons.